The minimum atomic E-state index is -0.639. The van der Waals surface area contributed by atoms with Crippen LogP contribution in [0.2, 0.25) is 0 Å². The number of hydrogen-bond donors (Lipinski definition) is 1. The second kappa shape index (κ2) is 6.09. The summed E-state index contributed by atoms with van der Waals surface area (Å²) in [7, 11) is 0. The molecule has 2 nitrogen and oxygen atoms in total. The molecule has 4 rings (SSSR count). The van der Waals surface area contributed by atoms with Crippen LogP contribution in [-0.2, 0) is 4.79 Å². The monoisotopic (exact) mass is 392 g/mol. The van der Waals surface area contributed by atoms with E-state index < -0.39 is 5.60 Å². The lowest BCUT2D eigenvalue weighted by molar-refractivity contribution is -0.117. The van der Waals surface area contributed by atoms with Gasteiger partial charge in [0, 0.05) is 11.8 Å². The summed E-state index contributed by atoms with van der Waals surface area (Å²) in [5.41, 5.74) is 0.869. The van der Waals surface area contributed by atoms with E-state index in [9.17, 15) is 9.90 Å². The first kappa shape index (κ1) is 17.0. The summed E-state index contributed by atoms with van der Waals surface area (Å²) in [5, 5.41) is 11.4. The van der Waals surface area contributed by atoms with Crippen LogP contribution in [0.1, 0.15) is 64.7 Å². The molecule has 6 atom stereocenters. The number of hydrogen-bond acceptors (Lipinski definition) is 2. The van der Waals surface area contributed by atoms with Gasteiger partial charge in [0.1, 0.15) is 0 Å². The maximum Gasteiger partial charge on any atom is 0.155 e. The fourth-order valence-electron chi connectivity index (χ4n) is 7.15. The quantitative estimate of drug-likeness (QED) is 0.704. The minimum Gasteiger partial charge on any atom is -0.385 e. The Morgan fingerprint density at radius 1 is 1.21 bits per heavy atom. The maximum atomic E-state index is 11.8. The number of aliphatic hydroxyl groups is 1. The third-order valence-corrected chi connectivity index (χ3v) is 8.44. The molecule has 3 heteroatoms. The number of fused-ring (bicyclic) bond motifs is 5. The molecule has 0 spiro atoms. The zero-order valence-corrected chi connectivity index (χ0v) is 16.2. The van der Waals surface area contributed by atoms with Gasteiger partial charge in [0.15, 0.2) is 5.78 Å². The van der Waals surface area contributed by atoms with E-state index in [0.717, 1.165) is 56.8 Å². The first-order valence-corrected chi connectivity index (χ1v) is 10.7. The van der Waals surface area contributed by atoms with Gasteiger partial charge < -0.3 is 5.11 Å². The molecule has 0 aromatic rings. The maximum absolute atomic E-state index is 11.8. The second-order valence-electron chi connectivity index (χ2n) is 8.61. The number of carbonyl (C=O) groups excluding carboxylic acids is 1. The van der Waals surface area contributed by atoms with Crippen molar-refractivity contribution in [3.8, 4) is 0 Å². The molecule has 3 saturated carbocycles. The molecule has 0 aliphatic heterocycles. The SMILES string of the molecule is CC[C@]12CC[C@H]3[C@@H](CCC4=CC(=O)CC[C@@H]43)[C@@H]1CC[C@@]2(O)/C=C\Br. The van der Waals surface area contributed by atoms with Crippen LogP contribution < -0.4 is 0 Å². The van der Waals surface area contributed by atoms with Gasteiger partial charge in [0.05, 0.1) is 5.60 Å². The molecule has 0 radical (unpaired) electrons. The molecule has 1 N–H and O–H groups in total. The molecule has 0 saturated heterocycles. The van der Waals surface area contributed by atoms with Crippen LogP contribution in [0, 0.1) is 29.1 Å². The fraction of sp³-hybridized carbons (Fsp3) is 0.762. The summed E-state index contributed by atoms with van der Waals surface area (Å²) in [5.74, 6) is 3.13. The predicted molar refractivity (Wildman–Crippen MR) is 99.7 cm³/mol. The van der Waals surface area contributed by atoms with Crippen LogP contribution in [0.15, 0.2) is 22.7 Å². The van der Waals surface area contributed by atoms with Crippen molar-refractivity contribution in [2.45, 2.75) is 70.3 Å². The third-order valence-electron chi connectivity index (χ3n) is 8.18. The summed E-state index contributed by atoms with van der Waals surface area (Å²) >= 11 is 3.40. The molecule has 132 valence electrons. The van der Waals surface area contributed by atoms with Gasteiger partial charge >= 0.3 is 0 Å². The highest BCUT2D eigenvalue weighted by Crippen LogP contribution is 2.66. The Labute approximate surface area is 153 Å². The summed E-state index contributed by atoms with van der Waals surface area (Å²) in [6, 6.07) is 0. The van der Waals surface area contributed by atoms with Crippen LogP contribution in [0.3, 0.4) is 0 Å². The van der Waals surface area contributed by atoms with Gasteiger partial charge in [-0.15, -0.1) is 0 Å². The van der Waals surface area contributed by atoms with E-state index in [-0.39, 0.29) is 5.41 Å². The first-order chi connectivity index (χ1) is 11.5. The molecule has 0 aromatic heterocycles. The third kappa shape index (κ3) is 2.26. The van der Waals surface area contributed by atoms with E-state index in [1.54, 1.807) is 0 Å². The Morgan fingerprint density at radius 3 is 2.79 bits per heavy atom. The number of carbonyl (C=O) groups is 1. The number of ketones is 1. The van der Waals surface area contributed by atoms with E-state index in [1.165, 1.54) is 18.4 Å². The van der Waals surface area contributed by atoms with Gasteiger partial charge in [-0.1, -0.05) is 28.4 Å². The van der Waals surface area contributed by atoms with Gasteiger partial charge in [-0.05, 0) is 92.2 Å². The Kier molecular flexibility index (Phi) is 4.32. The molecule has 4 aliphatic carbocycles. The van der Waals surface area contributed by atoms with Crippen molar-refractivity contribution in [2.75, 3.05) is 0 Å². The van der Waals surface area contributed by atoms with Crippen molar-refractivity contribution in [2.24, 2.45) is 29.1 Å². The van der Waals surface area contributed by atoms with Crippen LogP contribution >= 0.6 is 15.9 Å². The van der Waals surface area contributed by atoms with E-state index in [2.05, 4.69) is 22.9 Å². The van der Waals surface area contributed by atoms with E-state index in [0.29, 0.717) is 17.6 Å². The summed E-state index contributed by atoms with van der Waals surface area (Å²) < 4.78 is 0. The van der Waals surface area contributed by atoms with E-state index >= 15 is 0 Å². The van der Waals surface area contributed by atoms with E-state index in [4.69, 9.17) is 0 Å². The largest absolute Gasteiger partial charge is 0.385 e. The topological polar surface area (TPSA) is 37.3 Å². The van der Waals surface area contributed by atoms with Crippen molar-refractivity contribution in [1.29, 1.82) is 0 Å². The van der Waals surface area contributed by atoms with Crippen LogP contribution in [0.25, 0.3) is 0 Å². The van der Waals surface area contributed by atoms with Crippen molar-refractivity contribution >= 4 is 21.7 Å². The lowest BCUT2D eigenvalue weighted by atomic mass is 9.49. The van der Waals surface area contributed by atoms with E-state index in [1.807, 2.05) is 17.1 Å². The Morgan fingerprint density at radius 2 is 2.04 bits per heavy atom. The minimum absolute atomic E-state index is 0.0597. The first-order valence-electron chi connectivity index (χ1n) is 9.78. The van der Waals surface area contributed by atoms with Crippen molar-refractivity contribution in [3.05, 3.63) is 22.7 Å². The average Bonchev–Trinajstić information content (AvgIpc) is 2.88. The molecule has 0 unspecified atom stereocenters. The number of halogens is 1. The second-order valence-corrected chi connectivity index (χ2v) is 9.14. The Balaban J connectivity index is 1.66. The highest BCUT2D eigenvalue weighted by Gasteiger charge is 2.62. The van der Waals surface area contributed by atoms with Gasteiger partial charge in [0.2, 0.25) is 0 Å². The molecule has 3 fully saturated rings. The lowest BCUT2D eigenvalue weighted by Gasteiger charge is -2.56. The predicted octanol–water partition coefficient (Wildman–Crippen LogP) is 5.16. The molecule has 4 aliphatic rings. The highest BCUT2D eigenvalue weighted by atomic mass is 79.9. The summed E-state index contributed by atoms with van der Waals surface area (Å²) in [6.45, 7) is 2.28. The molecule has 0 heterocycles. The smallest absolute Gasteiger partial charge is 0.155 e. The fourth-order valence-corrected chi connectivity index (χ4v) is 7.58. The molecule has 0 aromatic carbocycles. The summed E-state index contributed by atoms with van der Waals surface area (Å²) in [6.07, 6.45) is 13.7. The van der Waals surface area contributed by atoms with Crippen LogP contribution in [0.4, 0.5) is 0 Å². The molecule has 0 amide bonds. The zero-order valence-electron chi connectivity index (χ0n) is 14.6. The van der Waals surface area contributed by atoms with Gasteiger partial charge in [0.25, 0.3) is 0 Å². The standard InChI is InChI=1S/C21H29BrO2/c1-2-20-9-7-17-16-6-4-15(23)13-14(16)3-5-18(17)19(20)8-10-21(20,24)11-12-22/h11-13,16-19,24H,2-10H2,1H3/b12-11-/t16-,17+,18+,19-,20-,21+/m0/s1. The van der Waals surface area contributed by atoms with Gasteiger partial charge in [-0.25, -0.2) is 0 Å². The Bertz CT molecular complexity index is 595. The molecular formula is C21H29BrO2. The van der Waals surface area contributed by atoms with Crippen molar-refractivity contribution in [1.82, 2.24) is 0 Å². The lowest BCUT2D eigenvalue weighted by Crippen LogP contribution is -2.53. The van der Waals surface area contributed by atoms with Crippen LogP contribution in [0.5, 0.6) is 0 Å². The molecule has 24 heavy (non-hydrogen) atoms. The van der Waals surface area contributed by atoms with Crippen molar-refractivity contribution < 1.29 is 9.90 Å². The number of allylic oxidation sites excluding steroid dienone is 1. The molecule has 0 bridgehead atoms. The van der Waals surface area contributed by atoms with Gasteiger partial charge in [-0.2, -0.15) is 0 Å². The molecular weight excluding hydrogens is 364 g/mol. The van der Waals surface area contributed by atoms with Crippen LogP contribution in [-0.4, -0.2) is 16.5 Å². The van der Waals surface area contributed by atoms with Crippen molar-refractivity contribution in [3.63, 3.8) is 0 Å². The number of rotatable bonds is 2. The zero-order chi connectivity index (χ0) is 16.9. The van der Waals surface area contributed by atoms with Gasteiger partial charge in [-0.3, -0.25) is 4.79 Å². The highest BCUT2D eigenvalue weighted by molar-refractivity contribution is 9.11. The summed E-state index contributed by atoms with van der Waals surface area (Å²) in [4.78, 5) is 13.7. The average molecular weight is 393 g/mol. The normalized spacial score (nSPS) is 48.0. The Hall–Kier alpha value is -0.410.